The summed E-state index contributed by atoms with van der Waals surface area (Å²) in [5, 5.41) is 0. The van der Waals surface area contributed by atoms with Crippen molar-refractivity contribution in [3.05, 3.63) is 65.5 Å². The molecule has 0 amide bonds. The zero-order valence-corrected chi connectivity index (χ0v) is 11.7. The minimum Gasteiger partial charge on any atom is -0.271 e. The minimum absolute atomic E-state index is 0.00276. The molecule has 19 heavy (non-hydrogen) atoms. The molecule has 0 aliphatic carbocycles. The van der Waals surface area contributed by atoms with Gasteiger partial charge in [0.25, 0.3) is 0 Å². The third kappa shape index (κ3) is 3.19. The second-order valence-electron chi connectivity index (χ2n) is 5.75. The van der Waals surface area contributed by atoms with E-state index in [9.17, 15) is 0 Å². The van der Waals surface area contributed by atoms with Gasteiger partial charge in [-0.1, -0.05) is 45.0 Å². The van der Waals surface area contributed by atoms with Crippen molar-refractivity contribution < 1.29 is 0 Å². The zero-order chi connectivity index (χ0) is 13.9. The zero-order valence-electron chi connectivity index (χ0n) is 11.7. The Bertz CT molecular complexity index is 512. The Hall–Kier alpha value is -1.71. The Labute approximate surface area is 114 Å². The van der Waals surface area contributed by atoms with Crippen LogP contribution in [0.1, 0.15) is 43.5 Å². The largest absolute Gasteiger partial charge is 0.271 e. The van der Waals surface area contributed by atoms with E-state index < -0.39 is 0 Å². The molecule has 2 rings (SSSR count). The van der Waals surface area contributed by atoms with Crippen LogP contribution < -0.4 is 11.3 Å². The third-order valence-electron chi connectivity index (χ3n) is 3.32. The number of nitrogens with two attached hydrogens (primary N) is 1. The number of rotatable bonds is 3. The predicted octanol–water partition coefficient (Wildman–Crippen LogP) is 2.93. The lowest BCUT2D eigenvalue weighted by molar-refractivity contribution is 0.588. The predicted molar refractivity (Wildman–Crippen MR) is 78.5 cm³/mol. The van der Waals surface area contributed by atoms with Gasteiger partial charge in [0.15, 0.2) is 0 Å². The number of hydrogen-bond acceptors (Lipinski definition) is 3. The average Bonchev–Trinajstić information content (AvgIpc) is 2.40. The first-order valence-electron chi connectivity index (χ1n) is 6.49. The van der Waals surface area contributed by atoms with Crippen molar-refractivity contribution in [3.63, 3.8) is 0 Å². The Morgan fingerprint density at radius 1 is 0.947 bits per heavy atom. The van der Waals surface area contributed by atoms with Crippen LogP contribution in [0.3, 0.4) is 0 Å². The fourth-order valence-corrected chi connectivity index (χ4v) is 2.12. The van der Waals surface area contributed by atoms with Crippen LogP contribution in [0.25, 0.3) is 0 Å². The van der Waals surface area contributed by atoms with Gasteiger partial charge in [0.2, 0.25) is 0 Å². The maximum atomic E-state index is 5.69. The lowest BCUT2D eigenvalue weighted by atomic mass is 9.86. The van der Waals surface area contributed by atoms with Crippen LogP contribution in [0, 0.1) is 0 Å². The highest BCUT2D eigenvalue weighted by molar-refractivity contribution is 5.34. The summed E-state index contributed by atoms with van der Waals surface area (Å²) in [6.45, 7) is 6.64. The maximum Gasteiger partial charge on any atom is 0.0711 e. The normalized spacial score (nSPS) is 13.3. The van der Waals surface area contributed by atoms with Crippen molar-refractivity contribution in [2.45, 2.75) is 32.2 Å². The summed E-state index contributed by atoms with van der Waals surface area (Å²) in [7, 11) is 0. The van der Waals surface area contributed by atoms with Crippen LogP contribution >= 0.6 is 0 Å². The molecule has 0 saturated heterocycles. The fourth-order valence-electron chi connectivity index (χ4n) is 2.12. The first-order chi connectivity index (χ1) is 9.02. The van der Waals surface area contributed by atoms with E-state index in [1.165, 1.54) is 5.56 Å². The summed E-state index contributed by atoms with van der Waals surface area (Å²) in [4.78, 5) is 4.03. The van der Waals surface area contributed by atoms with Gasteiger partial charge < -0.3 is 0 Å². The molecular formula is C16H21N3. The number of aromatic nitrogens is 1. The Morgan fingerprint density at radius 3 is 1.95 bits per heavy atom. The number of hydrazine groups is 1. The smallest absolute Gasteiger partial charge is 0.0711 e. The maximum absolute atomic E-state index is 5.69. The second kappa shape index (κ2) is 5.51. The number of nitrogens with one attached hydrogen (secondary N) is 1. The van der Waals surface area contributed by atoms with E-state index in [-0.39, 0.29) is 11.5 Å². The summed E-state index contributed by atoms with van der Waals surface area (Å²) in [6, 6.07) is 12.5. The monoisotopic (exact) mass is 255 g/mol. The average molecular weight is 255 g/mol. The molecule has 100 valence electrons. The highest BCUT2D eigenvalue weighted by atomic mass is 15.2. The van der Waals surface area contributed by atoms with Crippen molar-refractivity contribution in [3.8, 4) is 0 Å². The highest BCUT2D eigenvalue weighted by Gasteiger charge is 2.16. The van der Waals surface area contributed by atoms with Crippen molar-refractivity contribution in [1.82, 2.24) is 10.4 Å². The first kappa shape index (κ1) is 13.7. The number of nitrogens with zero attached hydrogens (tertiary/aromatic N) is 1. The summed E-state index contributed by atoms with van der Waals surface area (Å²) >= 11 is 0. The molecule has 1 unspecified atom stereocenters. The Morgan fingerprint density at radius 2 is 1.47 bits per heavy atom. The molecule has 3 N–H and O–H groups in total. The van der Waals surface area contributed by atoms with Gasteiger partial charge in [-0.2, -0.15) is 0 Å². The van der Waals surface area contributed by atoms with E-state index in [4.69, 9.17) is 5.84 Å². The summed E-state index contributed by atoms with van der Waals surface area (Å²) in [6.07, 6.45) is 3.56. The topological polar surface area (TPSA) is 50.9 Å². The third-order valence-corrected chi connectivity index (χ3v) is 3.32. The molecule has 1 heterocycles. The van der Waals surface area contributed by atoms with Gasteiger partial charge in [-0.25, -0.2) is 5.43 Å². The van der Waals surface area contributed by atoms with Gasteiger partial charge in [-0.05, 0) is 34.2 Å². The van der Waals surface area contributed by atoms with E-state index in [1.54, 1.807) is 12.4 Å². The molecule has 1 aromatic heterocycles. The molecule has 3 nitrogen and oxygen atoms in total. The Balaban J connectivity index is 2.30. The molecule has 0 bridgehead atoms. The standard InChI is InChI=1S/C16H21N3/c1-16(2,3)14-6-4-12(5-7-14)15(19-17)13-8-10-18-11-9-13/h4-11,15,19H,17H2,1-3H3. The fraction of sp³-hybridized carbons (Fsp3) is 0.312. The van der Waals surface area contributed by atoms with Crippen LogP contribution in [0.4, 0.5) is 0 Å². The van der Waals surface area contributed by atoms with Crippen molar-refractivity contribution in [2.75, 3.05) is 0 Å². The number of benzene rings is 1. The molecule has 3 heteroatoms. The van der Waals surface area contributed by atoms with Gasteiger partial charge in [-0.3, -0.25) is 10.8 Å². The SMILES string of the molecule is CC(C)(C)c1ccc(C(NN)c2ccncc2)cc1. The number of hydrogen-bond donors (Lipinski definition) is 2. The van der Waals surface area contributed by atoms with E-state index >= 15 is 0 Å². The molecule has 0 aliphatic rings. The first-order valence-corrected chi connectivity index (χ1v) is 6.49. The summed E-state index contributed by atoms with van der Waals surface area (Å²) < 4.78 is 0. The summed E-state index contributed by atoms with van der Waals surface area (Å²) in [5.41, 5.74) is 6.62. The number of pyridine rings is 1. The highest BCUT2D eigenvalue weighted by Crippen LogP contribution is 2.26. The minimum atomic E-state index is -0.00276. The molecule has 2 aromatic rings. The van der Waals surface area contributed by atoms with Gasteiger partial charge >= 0.3 is 0 Å². The van der Waals surface area contributed by atoms with E-state index in [0.717, 1.165) is 11.1 Å². The van der Waals surface area contributed by atoms with Crippen LogP contribution in [-0.4, -0.2) is 4.98 Å². The van der Waals surface area contributed by atoms with Gasteiger partial charge in [0.1, 0.15) is 0 Å². The van der Waals surface area contributed by atoms with Crippen molar-refractivity contribution >= 4 is 0 Å². The van der Waals surface area contributed by atoms with Crippen molar-refractivity contribution in [2.24, 2.45) is 5.84 Å². The lowest BCUT2D eigenvalue weighted by Crippen LogP contribution is -2.28. The van der Waals surface area contributed by atoms with Crippen molar-refractivity contribution in [1.29, 1.82) is 0 Å². The van der Waals surface area contributed by atoms with Crippen LogP contribution in [0.2, 0.25) is 0 Å². The Kier molecular flexibility index (Phi) is 3.98. The summed E-state index contributed by atoms with van der Waals surface area (Å²) in [5.74, 6) is 5.69. The van der Waals surface area contributed by atoms with Gasteiger partial charge in [0.05, 0.1) is 6.04 Å². The van der Waals surface area contributed by atoms with E-state index in [1.807, 2.05) is 12.1 Å². The van der Waals surface area contributed by atoms with E-state index in [0.29, 0.717) is 0 Å². The van der Waals surface area contributed by atoms with Gasteiger partial charge in [0, 0.05) is 12.4 Å². The quantitative estimate of drug-likeness (QED) is 0.655. The molecule has 0 fully saturated rings. The molecule has 1 atom stereocenters. The molecule has 0 aliphatic heterocycles. The van der Waals surface area contributed by atoms with Crippen LogP contribution in [-0.2, 0) is 5.41 Å². The molecule has 0 radical (unpaired) electrons. The van der Waals surface area contributed by atoms with E-state index in [2.05, 4.69) is 55.4 Å². The molecular weight excluding hydrogens is 234 g/mol. The molecule has 0 spiro atoms. The molecule has 1 aromatic carbocycles. The van der Waals surface area contributed by atoms with Crippen LogP contribution in [0.5, 0.6) is 0 Å². The lowest BCUT2D eigenvalue weighted by Gasteiger charge is -2.21. The van der Waals surface area contributed by atoms with Gasteiger partial charge in [-0.15, -0.1) is 0 Å². The molecule has 0 saturated carbocycles. The van der Waals surface area contributed by atoms with Crippen LogP contribution in [0.15, 0.2) is 48.8 Å². The second-order valence-corrected chi connectivity index (χ2v) is 5.75.